The maximum absolute atomic E-state index is 12.0. The van der Waals surface area contributed by atoms with Crippen molar-refractivity contribution in [2.45, 2.75) is 13.5 Å². The zero-order valence-corrected chi connectivity index (χ0v) is 11.6. The van der Waals surface area contributed by atoms with Gasteiger partial charge in [-0.05, 0) is 59.3 Å². The largest absolute Gasteiger partial charge is 0.364 e. The van der Waals surface area contributed by atoms with E-state index in [0.717, 1.165) is 20.4 Å². The second-order valence-corrected chi connectivity index (χ2v) is 4.95. The van der Waals surface area contributed by atoms with Crippen LogP contribution >= 0.6 is 22.6 Å². The van der Waals surface area contributed by atoms with Gasteiger partial charge in [-0.1, -0.05) is 6.07 Å². The molecule has 2 N–H and O–H groups in total. The second-order valence-electron chi connectivity index (χ2n) is 3.79. The third-order valence-electron chi connectivity index (χ3n) is 2.61. The molecule has 0 aliphatic carbocycles. The molecule has 0 radical (unpaired) electrons. The van der Waals surface area contributed by atoms with E-state index >= 15 is 0 Å². The van der Waals surface area contributed by atoms with Gasteiger partial charge in [0, 0.05) is 21.0 Å². The van der Waals surface area contributed by atoms with Crippen LogP contribution in [0, 0.1) is 10.5 Å². The van der Waals surface area contributed by atoms with E-state index in [1.54, 1.807) is 0 Å². The Hall–Kier alpha value is -1.30. The van der Waals surface area contributed by atoms with Crippen LogP contribution in [0.3, 0.4) is 0 Å². The van der Waals surface area contributed by atoms with Gasteiger partial charge in [-0.25, -0.2) is 0 Å². The fourth-order valence-electron chi connectivity index (χ4n) is 1.60. The van der Waals surface area contributed by atoms with E-state index in [9.17, 15) is 4.79 Å². The average Bonchev–Trinajstić information content (AvgIpc) is 2.82. The molecule has 4 heteroatoms. The summed E-state index contributed by atoms with van der Waals surface area (Å²) in [5.74, 6) is -0.0318. The van der Waals surface area contributed by atoms with Crippen molar-refractivity contribution in [3.05, 3.63) is 56.9 Å². The monoisotopic (exact) mass is 340 g/mol. The van der Waals surface area contributed by atoms with E-state index in [4.69, 9.17) is 0 Å². The molecule has 0 atom stereocenters. The van der Waals surface area contributed by atoms with Gasteiger partial charge in [0.1, 0.15) is 0 Å². The molecule has 0 saturated heterocycles. The Kier molecular flexibility index (Phi) is 3.83. The molecule has 17 heavy (non-hydrogen) atoms. The minimum Gasteiger partial charge on any atom is -0.364 e. The molecule has 0 aliphatic heterocycles. The fourth-order valence-corrected chi connectivity index (χ4v) is 2.10. The molecule has 1 heterocycles. The number of amides is 1. The number of carbonyl (C=O) groups is 1. The predicted molar refractivity (Wildman–Crippen MR) is 75.9 cm³/mol. The van der Waals surface area contributed by atoms with Crippen LogP contribution in [0.5, 0.6) is 0 Å². The fraction of sp³-hybridized carbons (Fsp3) is 0.154. The summed E-state index contributed by atoms with van der Waals surface area (Å²) in [5, 5.41) is 2.90. The van der Waals surface area contributed by atoms with Gasteiger partial charge in [-0.15, -0.1) is 0 Å². The number of halogens is 1. The van der Waals surface area contributed by atoms with Gasteiger partial charge in [0.25, 0.3) is 5.91 Å². The van der Waals surface area contributed by atoms with Crippen LogP contribution in [-0.2, 0) is 6.54 Å². The molecule has 88 valence electrons. The highest BCUT2D eigenvalue weighted by molar-refractivity contribution is 14.1. The van der Waals surface area contributed by atoms with Crippen molar-refractivity contribution < 1.29 is 4.79 Å². The number of aromatic nitrogens is 1. The smallest absolute Gasteiger partial charge is 0.251 e. The van der Waals surface area contributed by atoms with Crippen molar-refractivity contribution in [3.8, 4) is 0 Å². The molecule has 3 nitrogen and oxygen atoms in total. The molecule has 0 aliphatic rings. The molecule has 1 amide bonds. The molecule has 0 fully saturated rings. The maximum Gasteiger partial charge on any atom is 0.251 e. The van der Waals surface area contributed by atoms with E-state index in [-0.39, 0.29) is 5.91 Å². The van der Waals surface area contributed by atoms with Gasteiger partial charge in [0.05, 0.1) is 6.54 Å². The topological polar surface area (TPSA) is 44.9 Å². The van der Waals surface area contributed by atoms with Crippen LogP contribution in [0.25, 0.3) is 0 Å². The van der Waals surface area contributed by atoms with E-state index in [2.05, 4.69) is 32.9 Å². The Morgan fingerprint density at radius 1 is 1.35 bits per heavy atom. The third-order valence-corrected chi connectivity index (χ3v) is 3.78. The number of rotatable bonds is 3. The lowest BCUT2D eigenvalue weighted by Gasteiger charge is -2.08. The van der Waals surface area contributed by atoms with Crippen molar-refractivity contribution >= 4 is 28.5 Å². The van der Waals surface area contributed by atoms with Crippen LogP contribution < -0.4 is 5.32 Å². The lowest BCUT2D eigenvalue weighted by Crippen LogP contribution is -2.23. The first-order valence-electron chi connectivity index (χ1n) is 5.34. The van der Waals surface area contributed by atoms with Crippen LogP contribution in [-0.4, -0.2) is 10.9 Å². The predicted octanol–water partition coefficient (Wildman–Crippen LogP) is 2.86. The summed E-state index contributed by atoms with van der Waals surface area (Å²) in [4.78, 5) is 15.0. The highest BCUT2D eigenvalue weighted by Crippen LogP contribution is 2.15. The summed E-state index contributed by atoms with van der Waals surface area (Å²) in [6, 6.07) is 9.61. The highest BCUT2D eigenvalue weighted by Gasteiger charge is 2.10. The minimum absolute atomic E-state index is 0.0318. The first kappa shape index (κ1) is 12.2. The van der Waals surface area contributed by atoms with Crippen LogP contribution in [0.1, 0.15) is 21.6 Å². The molecule has 0 spiro atoms. The zero-order chi connectivity index (χ0) is 12.3. The standard InChI is InChI=1S/C13H13IN2O/c1-9-11(5-2-6-12(9)14)13(17)16-8-10-4-3-7-15-10/h2-7,15H,8H2,1H3,(H,16,17). The summed E-state index contributed by atoms with van der Waals surface area (Å²) in [6.07, 6.45) is 1.85. The lowest BCUT2D eigenvalue weighted by atomic mass is 10.1. The van der Waals surface area contributed by atoms with Gasteiger partial charge in [0.2, 0.25) is 0 Å². The number of benzene rings is 1. The van der Waals surface area contributed by atoms with Crippen molar-refractivity contribution in [1.29, 1.82) is 0 Å². The highest BCUT2D eigenvalue weighted by atomic mass is 127. The number of hydrogen-bond donors (Lipinski definition) is 2. The van der Waals surface area contributed by atoms with Crippen molar-refractivity contribution in [3.63, 3.8) is 0 Å². The molecular weight excluding hydrogens is 327 g/mol. The van der Waals surface area contributed by atoms with Gasteiger partial charge in [0.15, 0.2) is 0 Å². The lowest BCUT2D eigenvalue weighted by molar-refractivity contribution is 0.0950. The summed E-state index contributed by atoms with van der Waals surface area (Å²) >= 11 is 2.24. The SMILES string of the molecule is Cc1c(I)cccc1C(=O)NCc1ccc[nH]1. The van der Waals surface area contributed by atoms with E-state index in [1.165, 1.54) is 0 Å². The Morgan fingerprint density at radius 2 is 2.18 bits per heavy atom. The first-order valence-corrected chi connectivity index (χ1v) is 6.42. The molecule has 1 aromatic carbocycles. The zero-order valence-electron chi connectivity index (χ0n) is 9.46. The quantitative estimate of drug-likeness (QED) is 0.830. The Balaban J connectivity index is 2.07. The summed E-state index contributed by atoms with van der Waals surface area (Å²) in [5.41, 5.74) is 2.77. The van der Waals surface area contributed by atoms with Gasteiger partial charge in [-0.2, -0.15) is 0 Å². The average molecular weight is 340 g/mol. The number of hydrogen-bond acceptors (Lipinski definition) is 1. The third kappa shape index (κ3) is 2.88. The van der Waals surface area contributed by atoms with Crippen LogP contribution in [0.2, 0.25) is 0 Å². The number of aromatic amines is 1. The van der Waals surface area contributed by atoms with Crippen molar-refractivity contribution in [1.82, 2.24) is 10.3 Å². The molecule has 0 saturated carbocycles. The maximum atomic E-state index is 12.0. The van der Waals surface area contributed by atoms with Gasteiger partial charge in [-0.3, -0.25) is 4.79 Å². The molecule has 1 aromatic heterocycles. The summed E-state index contributed by atoms with van der Waals surface area (Å²) < 4.78 is 1.11. The summed E-state index contributed by atoms with van der Waals surface area (Å²) in [6.45, 7) is 2.49. The number of carbonyl (C=O) groups excluding carboxylic acids is 1. The Bertz CT molecular complexity index is 520. The van der Waals surface area contributed by atoms with Crippen molar-refractivity contribution in [2.24, 2.45) is 0 Å². The summed E-state index contributed by atoms with van der Waals surface area (Å²) in [7, 11) is 0. The first-order chi connectivity index (χ1) is 8.18. The Morgan fingerprint density at radius 3 is 2.88 bits per heavy atom. The van der Waals surface area contributed by atoms with Gasteiger partial charge < -0.3 is 10.3 Å². The second kappa shape index (κ2) is 5.35. The molecule has 0 unspecified atom stereocenters. The van der Waals surface area contributed by atoms with E-state index in [1.807, 2.05) is 43.5 Å². The number of nitrogens with one attached hydrogen (secondary N) is 2. The van der Waals surface area contributed by atoms with Crippen LogP contribution in [0.4, 0.5) is 0 Å². The molecule has 2 aromatic rings. The van der Waals surface area contributed by atoms with Crippen molar-refractivity contribution in [2.75, 3.05) is 0 Å². The number of H-pyrrole nitrogens is 1. The van der Waals surface area contributed by atoms with Gasteiger partial charge >= 0.3 is 0 Å². The molecule has 2 rings (SSSR count). The minimum atomic E-state index is -0.0318. The molecular formula is C13H13IN2O. The Labute approximate surface area is 114 Å². The molecule has 0 bridgehead atoms. The van der Waals surface area contributed by atoms with E-state index in [0.29, 0.717) is 6.54 Å². The van der Waals surface area contributed by atoms with E-state index < -0.39 is 0 Å². The normalized spacial score (nSPS) is 10.2. The van der Waals surface area contributed by atoms with Crippen LogP contribution in [0.15, 0.2) is 36.5 Å².